The van der Waals surface area contributed by atoms with Crippen molar-refractivity contribution in [3.8, 4) is 0 Å². The van der Waals surface area contributed by atoms with Gasteiger partial charge in [-0.1, -0.05) is 25.0 Å². The van der Waals surface area contributed by atoms with E-state index in [-0.39, 0.29) is 0 Å². The molecule has 0 heterocycles. The molecule has 0 saturated heterocycles. The second kappa shape index (κ2) is 1.62. The molecule has 0 N–H and O–H groups in total. The first-order chi connectivity index (χ1) is 4.30. The van der Waals surface area contributed by atoms with Gasteiger partial charge in [0, 0.05) is 0 Å². The van der Waals surface area contributed by atoms with Crippen LogP contribution in [0.15, 0.2) is 11.1 Å². The van der Waals surface area contributed by atoms with Crippen molar-refractivity contribution < 1.29 is 0 Å². The van der Waals surface area contributed by atoms with Gasteiger partial charge < -0.3 is 0 Å². The molecule has 0 heteroatoms. The van der Waals surface area contributed by atoms with Crippen molar-refractivity contribution in [1.82, 2.24) is 0 Å². The average Bonchev–Trinajstić information content (AvgIpc) is 2.45. The minimum absolute atomic E-state index is 0.919. The first-order valence-corrected chi connectivity index (χ1v) is 4.03. The van der Waals surface area contributed by atoms with Gasteiger partial charge in [0.25, 0.3) is 0 Å². The van der Waals surface area contributed by atoms with Gasteiger partial charge in [0.05, 0.1) is 0 Å². The molecule has 0 aromatic carbocycles. The molecule has 2 rings (SSSR count). The van der Waals surface area contributed by atoms with Gasteiger partial charge in [-0.3, -0.25) is 0 Å². The number of hydrogen-bond donors (Lipinski definition) is 0. The van der Waals surface area contributed by atoms with E-state index in [0.29, 0.717) is 0 Å². The summed E-state index contributed by atoms with van der Waals surface area (Å²) in [5, 5.41) is 0. The minimum atomic E-state index is 0.919. The zero-order chi connectivity index (χ0) is 6.43. The molecule has 2 aliphatic carbocycles. The van der Waals surface area contributed by atoms with Crippen LogP contribution in [-0.4, -0.2) is 0 Å². The zero-order valence-corrected chi connectivity index (χ0v) is 6.28. The summed E-state index contributed by atoms with van der Waals surface area (Å²) in [6.07, 6.45) is 4.31. The van der Waals surface area contributed by atoms with E-state index >= 15 is 0 Å². The summed E-state index contributed by atoms with van der Waals surface area (Å²) in [6, 6.07) is 0. The Balaban J connectivity index is 2.17. The molecular formula is C9H14. The molecular weight excluding hydrogens is 108 g/mol. The molecule has 50 valence electrons. The lowest BCUT2D eigenvalue weighted by molar-refractivity contribution is 0.577. The molecule has 0 aliphatic heterocycles. The third-order valence-electron chi connectivity index (χ3n) is 2.89. The van der Waals surface area contributed by atoms with Gasteiger partial charge in [-0.25, -0.2) is 0 Å². The summed E-state index contributed by atoms with van der Waals surface area (Å²) in [5.41, 5.74) is 3.61. The van der Waals surface area contributed by atoms with E-state index in [4.69, 9.17) is 0 Å². The summed E-state index contributed by atoms with van der Waals surface area (Å²) >= 11 is 0. The van der Waals surface area contributed by atoms with E-state index in [1.807, 2.05) is 0 Å². The van der Waals surface area contributed by atoms with Crippen molar-refractivity contribution in [2.45, 2.75) is 33.1 Å². The van der Waals surface area contributed by atoms with E-state index in [0.717, 1.165) is 11.8 Å². The second-order valence-electron chi connectivity index (χ2n) is 3.50. The highest BCUT2D eigenvalue weighted by atomic mass is 14.4. The molecule has 0 nitrogen and oxygen atoms in total. The van der Waals surface area contributed by atoms with Gasteiger partial charge in [-0.2, -0.15) is 0 Å². The summed E-state index contributed by atoms with van der Waals surface area (Å²) < 4.78 is 0. The topological polar surface area (TPSA) is 0 Å². The van der Waals surface area contributed by atoms with E-state index in [1.54, 1.807) is 11.1 Å². The number of hydrogen-bond acceptors (Lipinski definition) is 0. The third-order valence-corrected chi connectivity index (χ3v) is 2.89. The SMILES string of the molecule is CC1C2=C1[C@@H](C)CCC2. The molecule has 0 spiro atoms. The van der Waals surface area contributed by atoms with E-state index in [9.17, 15) is 0 Å². The van der Waals surface area contributed by atoms with E-state index < -0.39 is 0 Å². The molecule has 0 fully saturated rings. The van der Waals surface area contributed by atoms with Crippen LogP contribution >= 0.6 is 0 Å². The second-order valence-corrected chi connectivity index (χ2v) is 3.50. The van der Waals surface area contributed by atoms with Crippen molar-refractivity contribution in [3.63, 3.8) is 0 Å². The Labute approximate surface area is 57.0 Å². The number of allylic oxidation sites excluding steroid dienone is 2. The lowest BCUT2D eigenvalue weighted by atomic mass is 9.97. The lowest BCUT2D eigenvalue weighted by Gasteiger charge is -2.08. The fourth-order valence-electron chi connectivity index (χ4n) is 2.28. The molecule has 2 atom stereocenters. The Bertz CT molecular complexity index is 165. The highest BCUT2D eigenvalue weighted by Gasteiger charge is 2.37. The quantitative estimate of drug-likeness (QED) is 0.433. The highest BCUT2D eigenvalue weighted by molar-refractivity contribution is 5.42. The van der Waals surface area contributed by atoms with Crippen LogP contribution in [0.25, 0.3) is 0 Å². The van der Waals surface area contributed by atoms with Crippen molar-refractivity contribution >= 4 is 0 Å². The fraction of sp³-hybridized carbons (Fsp3) is 0.778. The fourth-order valence-corrected chi connectivity index (χ4v) is 2.28. The molecule has 0 bridgehead atoms. The maximum absolute atomic E-state index is 2.37. The zero-order valence-electron chi connectivity index (χ0n) is 6.28. The number of rotatable bonds is 0. The van der Waals surface area contributed by atoms with Crippen LogP contribution in [0.5, 0.6) is 0 Å². The van der Waals surface area contributed by atoms with E-state index in [2.05, 4.69) is 13.8 Å². The predicted molar refractivity (Wildman–Crippen MR) is 39.2 cm³/mol. The van der Waals surface area contributed by atoms with Crippen molar-refractivity contribution in [3.05, 3.63) is 11.1 Å². The van der Waals surface area contributed by atoms with Crippen LogP contribution in [0.3, 0.4) is 0 Å². The van der Waals surface area contributed by atoms with Crippen LogP contribution in [0.1, 0.15) is 33.1 Å². The van der Waals surface area contributed by atoms with Crippen LogP contribution < -0.4 is 0 Å². The monoisotopic (exact) mass is 122 g/mol. The first kappa shape index (κ1) is 5.52. The highest BCUT2D eigenvalue weighted by Crippen LogP contribution is 2.51. The first-order valence-electron chi connectivity index (χ1n) is 4.03. The standard InChI is InChI=1S/C9H14/c1-6-4-3-5-8-7(2)9(6)8/h6-7H,3-5H2,1-2H3/t6-,7?/m0/s1. The van der Waals surface area contributed by atoms with Gasteiger partial charge >= 0.3 is 0 Å². The Morgan fingerprint density at radius 2 is 2.11 bits per heavy atom. The van der Waals surface area contributed by atoms with Crippen LogP contribution in [0, 0.1) is 11.8 Å². The molecule has 0 aromatic heterocycles. The van der Waals surface area contributed by atoms with Crippen molar-refractivity contribution in [2.24, 2.45) is 11.8 Å². The summed E-state index contributed by atoms with van der Waals surface area (Å²) in [7, 11) is 0. The molecule has 0 saturated carbocycles. The molecule has 2 aliphatic rings. The van der Waals surface area contributed by atoms with Crippen LogP contribution in [0.2, 0.25) is 0 Å². The third kappa shape index (κ3) is 0.654. The summed E-state index contributed by atoms with van der Waals surface area (Å²) in [4.78, 5) is 0. The molecule has 0 amide bonds. The Morgan fingerprint density at radius 3 is 2.67 bits per heavy atom. The van der Waals surface area contributed by atoms with Gasteiger partial charge in [0.15, 0.2) is 0 Å². The Hall–Kier alpha value is -0.260. The minimum Gasteiger partial charge on any atom is -0.0632 e. The van der Waals surface area contributed by atoms with Gasteiger partial charge in [0.1, 0.15) is 0 Å². The molecule has 0 radical (unpaired) electrons. The normalized spacial score (nSPS) is 40.7. The van der Waals surface area contributed by atoms with Gasteiger partial charge in [-0.05, 0) is 31.1 Å². The Morgan fingerprint density at radius 1 is 1.33 bits per heavy atom. The average molecular weight is 122 g/mol. The van der Waals surface area contributed by atoms with E-state index in [1.165, 1.54) is 19.3 Å². The lowest BCUT2D eigenvalue weighted by Crippen LogP contribution is -1.94. The summed E-state index contributed by atoms with van der Waals surface area (Å²) in [5.74, 6) is 1.85. The van der Waals surface area contributed by atoms with Crippen LogP contribution in [0.4, 0.5) is 0 Å². The molecule has 9 heavy (non-hydrogen) atoms. The van der Waals surface area contributed by atoms with Crippen molar-refractivity contribution in [2.75, 3.05) is 0 Å². The maximum Gasteiger partial charge on any atom is -0.00129 e. The van der Waals surface area contributed by atoms with Gasteiger partial charge in [-0.15, -0.1) is 0 Å². The van der Waals surface area contributed by atoms with Crippen molar-refractivity contribution in [1.29, 1.82) is 0 Å². The van der Waals surface area contributed by atoms with Crippen LogP contribution in [-0.2, 0) is 0 Å². The van der Waals surface area contributed by atoms with Gasteiger partial charge in [0.2, 0.25) is 0 Å². The smallest absolute Gasteiger partial charge is 0.00129 e. The maximum atomic E-state index is 2.37. The predicted octanol–water partition coefficient (Wildman–Crippen LogP) is 2.75. The molecule has 1 unspecified atom stereocenters. The molecule has 0 aromatic rings. The summed E-state index contributed by atoms with van der Waals surface area (Å²) in [6.45, 7) is 4.73. The largest absolute Gasteiger partial charge is 0.0632 e. The Kier molecular flexibility index (Phi) is 0.992.